The molecule has 0 unspecified atom stereocenters. The predicted molar refractivity (Wildman–Crippen MR) is 99.9 cm³/mol. The first-order valence-corrected chi connectivity index (χ1v) is 10.1. The normalized spacial score (nSPS) is 15.2. The Bertz CT molecular complexity index is 641. The third-order valence-corrected chi connectivity index (χ3v) is 6.04. The van der Waals surface area contributed by atoms with E-state index in [-0.39, 0.29) is 5.91 Å². The van der Waals surface area contributed by atoms with Gasteiger partial charge in [-0.2, -0.15) is 0 Å². The lowest BCUT2D eigenvalue weighted by Crippen LogP contribution is -2.31. The van der Waals surface area contributed by atoms with E-state index >= 15 is 0 Å². The molecule has 1 aliphatic carbocycles. The van der Waals surface area contributed by atoms with Crippen LogP contribution in [0.3, 0.4) is 0 Å². The van der Waals surface area contributed by atoms with Crippen molar-refractivity contribution in [1.82, 2.24) is 15.5 Å². The van der Waals surface area contributed by atoms with Gasteiger partial charge in [-0.05, 0) is 30.9 Å². The minimum Gasteiger partial charge on any atom is -0.355 e. The van der Waals surface area contributed by atoms with Crippen LogP contribution in [0.5, 0.6) is 0 Å². The average molecular weight is 363 g/mol. The van der Waals surface area contributed by atoms with Crippen LogP contribution in [0.25, 0.3) is 0 Å². The standard InChI is InChI=1S/C17H22N4OS2/c22-15(18-11-13-7-3-1-4-8-13)12-23-17-21-20-16(24-17)19-14-9-5-2-6-10-14/h2,5-6,9-10,13H,1,3-4,7-8,11-12H2,(H,18,22)(H,19,20). The van der Waals surface area contributed by atoms with Crippen LogP contribution in [0.4, 0.5) is 10.8 Å². The molecule has 0 radical (unpaired) electrons. The van der Waals surface area contributed by atoms with E-state index in [0.717, 1.165) is 21.7 Å². The smallest absolute Gasteiger partial charge is 0.230 e. The second-order valence-electron chi connectivity index (χ2n) is 5.96. The van der Waals surface area contributed by atoms with Crippen molar-refractivity contribution in [1.29, 1.82) is 0 Å². The Balaban J connectivity index is 1.39. The molecule has 0 atom stereocenters. The Morgan fingerprint density at radius 2 is 1.96 bits per heavy atom. The van der Waals surface area contributed by atoms with Crippen molar-refractivity contribution in [2.75, 3.05) is 17.6 Å². The van der Waals surface area contributed by atoms with E-state index in [1.54, 1.807) is 0 Å². The molecule has 0 spiro atoms. The van der Waals surface area contributed by atoms with Gasteiger partial charge in [-0.1, -0.05) is 60.6 Å². The predicted octanol–water partition coefficient (Wildman–Crippen LogP) is 4.07. The van der Waals surface area contributed by atoms with Gasteiger partial charge in [-0.25, -0.2) is 0 Å². The molecule has 2 N–H and O–H groups in total. The van der Waals surface area contributed by atoms with E-state index in [1.165, 1.54) is 55.2 Å². The summed E-state index contributed by atoms with van der Waals surface area (Å²) in [6.07, 6.45) is 6.45. The number of para-hydroxylation sites is 1. The molecule has 128 valence electrons. The first-order chi connectivity index (χ1) is 11.8. The molecule has 24 heavy (non-hydrogen) atoms. The Morgan fingerprint density at radius 1 is 1.17 bits per heavy atom. The van der Waals surface area contributed by atoms with Crippen molar-refractivity contribution in [3.05, 3.63) is 30.3 Å². The van der Waals surface area contributed by atoms with Gasteiger partial charge < -0.3 is 10.6 Å². The van der Waals surface area contributed by atoms with Gasteiger partial charge in [0, 0.05) is 12.2 Å². The Morgan fingerprint density at radius 3 is 2.75 bits per heavy atom. The van der Waals surface area contributed by atoms with Gasteiger partial charge in [0.2, 0.25) is 11.0 Å². The lowest BCUT2D eigenvalue weighted by Gasteiger charge is -2.21. The van der Waals surface area contributed by atoms with Gasteiger partial charge >= 0.3 is 0 Å². The van der Waals surface area contributed by atoms with Crippen LogP contribution >= 0.6 is 23.1 Å². The summed E-state index contributed by atoms with van der Waals surface area (Å²) in [5, 5.41) is 15.2. The molecule has 1 aliphatic rings. The van der Waals surface area contributed by atoms with Crippen molar-refractivity contribution in [3.8, 4) is 0 Å². The van der Waals surface area contributed by atoms with Crippen LogP contribution in [-0.4, -0.2) is 28.4 Å². The minimum atomic E-state index is 0.0818. The van der Waals surface area contributed by atoms with E-state index in [2.05, 4.69) is 20.8 Å². The molecule has 1 amide bonds. The summed E-state index contributed by atoms with van der Waals surface area (Å²) in [5.41, 5.74) is 0.982. The fourth-order valence-electron chi connectivity index (χ4n) is 2.79. The zero-order valence-electron chi connectivity index (χ0n) is 13.5. The number of hydrogen-bond acceptors (Lipinski definition) is 6. The number of amides is 1. The molecule has 2 aromatic rings. The summed E-state index contributed by atoms with van der Waals surface area (Å²) in [6.45, 7) is 0.816. The van der Waals surface area contributed by atoms with Crippen molar-refractivity contribution in [2.45, 2.75) is 36.4 Å². The number of thioether (sulfide) groups is 1. The third-order valence-electron chi connectivity index (χ3n) is 4.07. The summed E-state index contributed by atoms with van der Waals surface area (Å²) in [5.74, 6) is 1.14. The molecule has 7 heteroatoms. The third kappa shape index (κ3) is 5.49. The largest absolute Gasteiger partial charge is 0.355 e. The summed E-state index contributed by atoms with van der Waals surface area (Å²) in [6, 6.07) is 9.86. The average Bonchev–Trinajstić information content (AvgIpc) is 3.07. The van der Waals surface area contributed by atoms with Gasteiger partial charge in [0.25, 0.3) is 0 Å². The summed E-state index contributed by atoms with van der Waals surface area (Å²) < 4.78 is 0.807. The number of carbonyl (C=O) groups is 1. The Hall–Kier alpha value is -1.60. The number of nitrogens with one attached hydrogen (secondary N) is 2. The number of hydrogen-bond donors (Lipinski definition) is 2. The second kappa shape index (κ2) is 9.03. The van der Waals surface area contributed by atoms with E-state index in [1.807, 2.05) is 30.3 Å². The molecule has 1 aromatic heterocycles. The SMILES string of the molecule is O=C(CSc1nnc(Nc2ccccc2)s1)NCC1CCCCC1. The van der Waals surface area contributed by atoms with Crippen molar-refractivity contribution < 1.29 is 4.79 Å². The van der Waals surface area contributed by atoms with Gasteiger partial charge in [-0.3, -0.25) is 4.79 Å². The maximum atomic E-state index is 12.0. The lowest BCUT2D eigenvalue weighted by molar-refractivity contribution is -0.118. The first-order valence-electron chi connectivity index (χ1n) is 8.34. The van der Waals surface area contributed by atoms with Gasteiger partial charge in [0.15, 0.2) is 4.34 Å². The fourth-order valence-corrected chi connectivity index (χ4v) is 4.39. The zero-order chi connectivity index (χ0) is 16.6. The number of carbonyl (C=O) groups excluding carboxylic acids is 1. The maximum absolute atomic E-state index is 12.0. The maximum Gasteiger partial charge on any atom is 0.230 e. The molecule has 5 nitrogen and oxygen atoms in total. The molecular weight excluding hydrogens is 340 g/mol. The van der Waals surface area contributed by atoms with Gasteiger partial charge in [-0.15, -0.1) is 10.2 Å². The molecule has 1 saturated carbocycles. The van der Waals surface area contributed by atoms with E-state index in [4.69, 9.17) is 0 Å². The van der Waals surface area contributed by atoms with E-state index in [0.29, 0.717) is 11.7 Å². The quantitative estimate of drug-likeness (QED) is 0.727. The van der Waals surface area contributed by atoms with E-state index in [9.17, 15) is 4.79 Å². The molecule has 0 bridgehead atoms. The van der Waals surface area contributed by atoms with E-state index < -0.39 is 0 Å². The van der Waals surface area contributed by atoms with Crippen LogP contribution in [0.15, 0.2) is 34.7 Å². The number of benzene rings is 1. The lowest BCUT2D eigenvalue weighted by atomic mass is 9.89. The van der Waals surface area contributed by atoms with Crippen LogP contribution in [-0.2, 0) is 4.79 Å². The minimum absolute atomic E-state index is 0.0818. The number of anilines is 2. The van der Waals surface area contributed by atoms with Crippen LogP contribution in [0.2, 0.25) is 0 Å². The Labute approximate surface area is 150 Å². The highest BCUT2D eigenvalue weighted by Gasteiger charge is 2.14. The number of aromatic nitrogens is 2. The monoisotopic (exact) mass is 362 g/mol. The zero-order valence-corrected chi connectivity index (χ0v) is 15.2. The van der Waals surface area contributed by atoms with Crippen molar-refractivity contribution in [2.24, 2.45) is 5.92 Å². The Kier molecular flexibility index (Phi) is 6.48. The summed E-state index contributed by atoms with van der Waals surface area (Å²) >= 11 is 2.90. The second-order valence-corrected chi connectivity index (χ2v) is 8.16. The van der Waals surface area contributed by atoms with Crippen LogP contribution < -0.4 is 10.6 Å². The molecule has 3 rings (SSSR count). The molecule has 1 aromatic carbocycles. The highest BCUT2D eigenvalue weighted by molar-refractivity contribution is 8.01. The first kappa shape index (κ1) is 17.2. The molecule has 1 fully saturated rings. The fraction of sp³-hybridized carbons (Fsp3) is 0.471. The molecule has 0 saturated heterocycles. The van der Waals surface area contributed by atoms with Gasteiger partial charge in [0.1, 0.15) is 0 Å². The molecule has 0 aliphatic heterocycles. The van der Waals surface area contributed by atoms with Crippen molar-refractivity contribution >= 4 is 39.8 Å². The highest BCUT2D eigenvalue weighted by atomic mass is 32.2. The van der Waals surface area contributed by atoms with Crippen molar-refractivity contribution in [3.63, 3.8) is 0 Å². The summed E-state index contributed by atoms with van der Waals surface area (Å²) in [7, 11) is 0. The molecule has 1 heterocycles. The van der Waals surface area contributed by atoms with Gasteiger partial charge in [0.05, 0.1) is 5.75 Å². The summed E-state index contributed by atoms with van der Waals surface area (Å²) in [4.78, 5) is 12.0. The topological polar surface area (TPSA) is 66.9 Å². The highest BCUT2D eigenvalue weighted by Crippen LogP contribution is 2.27. The number of rotatable bonds is 7. The molecular formula is C17H22N4OS2. The van der Waals surface area contributed by atoms with Crippen LogP contribution in [0.1, 0.15) is 32.1 Å². The number of nitrogens with zero attached hydrogens (tertiary/aromatic N) is 2. The van der Waals surface area contributed by atoms with Crippen LogP contribution in [0, 0.1) is 5.92 Å².